The molecule has 0 unspecified atom stereocenters. The molecule has 1 aromatic carbocycles. The van der Waals surface area contributed by atoms with Crippen molar-refractivity contribution in [1.29, 1.82) is 0 Å². The number of fused-ring (bicyclic) bond motifs is 1. The number of hydrogen-bond donors (Lipinski definition) is 2. The molecule has 0 saturated carbocycles. The van der Waals surface area contributed by atoms with Crippen molar-refractivity contribution in [2.45, 2.75) is 0 Å². The molecule has 0 aliphatic carbocycles. The normalized spacial score (nSPS) is 11.4. The molecular formula is C14H13FN6O2. The predicted molar refractivity (Wildman–Crippen MR) is 84.2 cm³/mol. The number of rotatable bonds is 3. The number of nitrogens with zero attached hydrogens (tertiary/aromatic N) is 4. The molecule has 8 nitrogen and oxygen atoms in total. The highest BCUT2D eigenvalue weighted by Crippen LogP contribution is 2.12. The summed E-state index contributed by atoms with van der Waals surface area (Å²) in [6.07, 6.45) is 1.49. The summed E-state index contributed by atoms with van der Waals surface area (Å²) in [5.41, 5.74) is 2.84. The Kier molecular flexibility index (Phi) is 3.53. The minimum absolute atomic E-state index is 0.251. The first-order valence-electron chi connectivity index (χ1n) is 6.68. The summed E-state index contributed by atoms with van der Waals surface area (Å²) >= 11 is 0. The minimum Gasteiger partial charge on any atom is -0.306 e. The summed E-state index contributed by atoms with van der Waals surface area (Å²) < 4.78 is 15.6. The highest BCUT2D eigenvalue weighted by Gasteiger charge is 2.14. The first-order chi connectivity index (χ1) is 11.0. The van der Waals surface area contributed by atoms with Gasteiger partial charge in [-0.3, -0.25) is 14.3 Å². The van der Waals surface area contributed by atoms with Crippen LogP contribution < -0.4 is 16.7 Å². The SMILES string of the molecule is Cn1c(N/N=C\c2ccc(F)cc2)nc2c1c(=O)[nH]c(=O)n2C. The van der Waals surface area contributed by atoms with Crippen molar-refractivity contribution in [3.63, 3.8) is 0 Å². The molecule has 0 fully saturated rings. The molecule has 23 heavy (non-hydrogen) atoms. The number of aromatic nitrogens is 4. The molecule has 0 aliphatic heterocycles. The quantitative estimate of drug-likeness (QED) is 0.544. The van der Waals surface area contributed by atoms with Crippen molar-refractivity contribution in [2.75, 3.05) is 5.43 Å². The van der Waals surface area contributed by atoms with Gasteiger partial charge in [0, 0.05) is 14.1 Å². The van der Waals surface area contributed by atoms with Gasteiger partial charge in [0.25, 0.3) is 5.56 Å². The van der Waals surface area contributed by atoms with Crippen LogP contribution in [0.25, 0.3) is 11.2 Å². The van der Waals surface area contributed by atoms with Gasteiger partial charge in [0.15, 0.2) is 11.2 Å². The van der Waals surface area contributed by atoms with Crippen molar-refractivity contribution >= 4 is 23.3 Å². The number of hydrogen-bond acceptors (Lipinski definition) is 5. The van der Waals surface area contributed by atoms with Gasteiger partial charge < -0.3 is 4.57 Å². The molecule has 2 heterocycles. The molecule has 0 atom stereocenters. The highest BCUT2D eigenvalue weighted by molar-refractivity contribution is 5.80. The molecule has 118 valence electrons. The van der Waals surface area contributed by atoms with Gasteiger partial charge in [0.2, 0.25) is 5.95 Å². The maximum absolute atomic E-state index is 12.8. The molecular weight excluding hydrogens is 303 g/mol. The van der Waals surface area contributed by atoms with Crippen molar-refractivity contribution in [1.82, 2.24) is 19.1 Å². The van der Waals surface area contributed by atoms with Crippen LogP contribution in [0.4, 0.5) is 10.3 Å². The zero-order chi connectivity index (χ0) is 16.6. The van der Waals surface area contributed by atoms with E-state index < -0.39 is 11.2 Å². The molecule has 0 saturated heterocycles. The third-order valence-corrected chi connectivity index (χ3v) is 3.38. The van der Waals surface area contributed by atoms with Crippen LogP contribution >= 0.6 is 0 Å². The van der Waals surface area contributed by atoms with Crippen molar-refractivity contribution in [2.24, 2.45) is 19.2 Å². The molecule has 3 aromatic rings. The first-order valence-corrected chi connectivity index (χ1v) is 6.68. The van der Waals surface area contributed by atoms with Gasteiger partial charge in [-0.2, -0.15) is 10.1 Å². The summed E-state index contributed by atoms with van der Waals surface area (Å²) in [6, 6.07) is 5.80. The summed E-state index contributed by atoms with van der Waals surface area (Å²) in [6.45, 7) is 0. The Morgan fingerprint density at radius 1 is 1.22 bits per heavy atom. The van der Waals surface area contributed by atoms with Crippen molar-refractivity contribution < 1.29 is 4.39 Å². The summed E-state index contributed by atoms with van der Waals surface area (Å²) in [4.78, 5) is 29.9. The number of imidazole rings is 1. The molecule has 9 heteroatoms. The Morgan fingerprint density at radius 2 is 1.91 bits per heavy atom. The zero-order valence-corrected chi connectivity index (χ0v) is 12.4. The van der Waals surface area contributed by atoms with E-state index in [-0.39, 0.29) is 17.0 Å². The summed E-state index contributed by atoms with van der Waals surface area (Å²) in [7, 11) is 3.14. The van der Waals surface area contributed by atoms with E-state index in [1.165, 1.54) is 34.5 Å². The van der Waals surface area contributed by atoms with Gasteiger partial charge in [-0.1, -0.05) is 12.1 Å². The number of anilines is 1. The highest BCUT2D eigenvalue weighted by atomic mass is 19.1. The van der Waals surface area contributed by atoms with Crippen molar-refractivity contribution in [3.05, 3.63) is 56.5 Å². The zero-order valence-electron chi connectivity index (χ0n) is 12.4. The third kappa shape index (κ3) is 2.63. The monoisotopic (exact) mass is 316 g/mol. The number of hydrazone groups is 1. The molecule has 2 aromatic heterocycles. The largest absolute Gasteiger partial charge is 0.329 e. The minimum atomic E-state index is -0.540. The van der Waals surface area contributed by atoms with Gasteiger partial charge in [0.05, 0.1) is 6.21 Å². The maximum atomic E-state index is 12.8. The summed E-state index contributed by atoms with van der Waals surface area (Å²) in [5.74, 6) is -0.0318. The van der Waals surface area contributed by atoms with E-state index in [1.807, 2.05) is 0 Å². The van der Waals surface area contributed by atoms with Crippen LogP contribution in [0.3, 0.4) is 0 Å². The fraction of sp³-hybridized carbons (Fsp3) is 0.143. The van der Waals surface area contributed by atoms with Gasteiger partial charge in [-0.25, -0.2) is 14.6 Å². The second-order valence-corrected chi connectivity index (χ2v) is 4.91. The van der Waals surface area contributed by atoms with E-state index in [1.54, 1.807) is 19.2 Å². The molecule has 0 aliphatic rings. The topological polar surface area (TPSA) is 97.1 Å². The molecule has 0 bridgehead atoms. The number of H-pyrrole nitrogens is 1. The van der Waals surface area contributed by atoms with Gasteiger partial charge in [-0.05, 0) is 17.7 Å². The Morgan fingerprint density at radius 3 is 2.61 bits per heavy atom. The first kappa shape index (κ1) is 14.7. The average Bonchev–Trinajstić information content (AvgIpc) is 2.85. The van der Waals surface area contributed by atoms with E-state index >= 15 is 0 Å². The van der Waals surface area contributed by atoms with Gasteiger partial charge >= 0.3 is 5.69 Å². The Hall–Kier alpha value is -3.23. The second kappa shape index (κ2) is 5.52. The average molecular weight is 316 g/mol. The van der Waals surface area contributed by atoms with E-state index in [2.05, 4.69) is 20.5 Å². The molecule has 3 rings (SSSR count). The van der Waals surface area contributed by atoms with Crippen LogP contribution in [0.5, 0.6) is 0 Å². The van der Waals surface area contributed by atoms with E-state index in [0.717, 1.165) is 0 Å². The van der Waals surface area contributed by atoms with E-state index in [9.17, 15) is 14.0 Å². The van der Waals surface area contributed by atoms with Crippen LogP contribution in [0.2, 0.25) is 0 Å². The molecule has 2 N–H and O–H groups in total. The second-order valence-electron chi connectivity index (χ2n) is 4.91. The molecule has 0 radical (unpaired) electrons. The lowest BCUT2D eigenvalue weighted by molar-refractivity contribution is 0.628. The maximum Gasteiger partial charge on any atom is 0.329 e. The molecule has 0 amide bonds. The number of halogens is 1. The fourth-order valence-electron chi connectivity index (χ4n) is 2.12. The van der Waals surface area contributed by atoms with Crippen LogP contribution in [0.1, 0.15) is 5.56 Å². The number of aryl methyl sites for hydroxylation is 2. The molecule has 0 spiro atoms. The summed E-state index contributed by atoms with van der Waals surface area (Å²) in [5, 5.41) is 4.00. The lowest BCUT2D eigenvalue weighted by Crippen LogP contribution is -2.29. The number of aromatic amines is 1. The van der Waals surface area contributed by atoms with E-state index in [4.69, 9.17) is 0 Å². The van der Waals surface area contributed by atoms with Crippen LogP contribution in [0.15, 0.2) is 39.0 Å². The standard InChI is InChI=1S/C14H13FN6O2/c1-20-10-11(21(2)14(23)18-12(10)22)17-13(20)19-16-7-8-3-5-9(15)6-4-8/h3-7H,1-2H3,(H,17,19)(H,18,22,23)/b16-7-. The Bertz CT molecular complexity index is 1010. The van der Waals surface area contributed by atoms with Gasteiger partial charge in [-0.15, -0.1) is 0 Å². The van der Waals surface area contributed by atoms with Gasteiger partial charge in [0.1, 0.15) is 5.82 Å². The fourth-order valence-corrected chi connectivity index (χ4v) is 2.12. The lowest BCUT2D eigenvalue weighted by atomic mass is 10.2. The number of nitrogens with one attached hydrogen (secondary N) is 2. The van der Waals surface area contributed by atoms with Crippen LogP contribution in [-0.2, 0) is 14.1 Å². The smallest absolute Gasteiger partial charge is 0.306 e. The number of benzene rings is 1. The van der Waals surface area contributed by atoms with Crippen LogP contribution in [-0.4, -0.2) is 25.3 Å². The Labute approximate surface area is 128 Å². The predicted octanol–water partition coefficient (Wildman–Crippen LogP) is 0.545. The third-order valence-electron chi connectivity index (χ3n) is 3.38. The van der Waals surface area contributed by atoms with Crippen LogP contribution in [0, 0.1) is 5.82 Å². The van der Waals surface area contributed by atoms with Crippen molar-refractivity contribution in [3.8, 4) is 0 Å². The lowest BCUT2D eigenvalue weighted by Gasteiger charge is -2.00. The Balaban J connectivity index is 1.95. The van der Waals surface area contributed by atoms with E-state index in [0.29, 0.717) is 11.5 Å².